The van der Waals surface area contributed by atoms with E-state index in [1.807, 2.05) is 19.1 Å². The van der Waals surface area contributed by atoms with Gasteiger partial charge in [0.25, 0.3) is 0 Å². The van der Waals surface area contributed by atoms with Crippen LogP contribution in [-0.2, 0) is 6.54 Å². The second-order valence-electron chi connectivity index (χ2n) is 3.70. The van der Waals surface area contributed by atoms with Crippen LogP contribution >= 0.6 is 11.6 Å². The first-order valence-corrected chi connectivity index (χ1v) is 5.78. The van der Waals surface area contributed by atoms with Gasteiger partial charge in [-0.2, -0.15) is 0 Å². The second-order valence-corrected chi connectivity index (χ2v) is 4.06. The Morgan fingerprint density at radius 1 is 1.28 bits per heavy atom. The van der Waals surface area contributed by atoms with Crippen LogP contribution in [0.3, 0.4) is 0 Å². The van der Waals surface area contributed by atoms with E-state index in [-0.39, 0.29) is 0 Å². The molecule has 6 heteroatoms. The molecule has 0 aliphatic heterocycles. The first kappa shape index (κ1) is 12.6. The molecule has 0 radical (unpaired) electrons. The van der Waals surface area contributed by atoms with Gasteiger partial charge in [-0.15, -0.1) is 0 Å². The van der Waals surface area contributed by atoms with Crippen molar-refractivity contribution >= 4 is 17.4 Å². The molecule has 0 unspecified atom stereocenters. The number of hydrogen-bond acceptors (Lipinski definition) is 5. The van der Waals surface area contributed by atoms with Crippen molar-refractivity contribution in [3.8, 4) is 5.88 Å². The number of hydrogen-bond donors (Lipinski definition) is 1. The number of nitrogens with zero attached hydrogens (tertiary/aromatic N) is 3. The summed E-state index contributed by atoms with van der Waals surface area (Å²) < 4.78 is 5.00. The maximum Gasteiger partial charge on any atom is 0.212 e. The van der Waals surface area contributed by atoms with Gasteiger partial charge in [-0.1, -0.05) is 17.7 Å². The molecule has 1 N–H and O–H groups in total. The molecule has 18 heavy (non-hydrogen) atoms. The predicted molar refractivity (Wildman–Crippen MR) is 69.9 cm³/mol. The number of methoxy groups -OCH3 is 1. The fourth-order valence-corrected chi connectivity index (χ4v) is 1.56. The van der Waals surface area contributed by atoms with Gasteiger partial charge in [0.15, 0.2) is 0 Å². The number of rotatable bonds is 4. The van der Waals surface area contributed by atoms with Crippen LogP contribution in [0.25, 0.3) is 0 Å². The maximum atomic E-state index is 5.92. The second kappa shape index (κ2) is 5.64. The quantitative estimate of drug-likeness (QED) is 0.860. The van der Waals surface area contributed by atoms with E-state index in [0.29, 0.717) is 17.6 Å². The highest BCUT2D eigenvalue weighted by molar-refractivity contribution is 6.30. The molecule has 2 rings (SSSR count). The van der Waals surface area contributed by atoms with E-state index in [1.54, 1.807) is 13.3 Å². The van der Waals surface area contributed by atoms with Gasteiger partial charge in [0.1, 0.15) is 17.3 Å². The summed E-state index contributed by atoms with van der Waals surface area (Å²) in [5.74, 6) is 1.32. The highest BCUT2D eigenvalue weighted by atomic mass is 35.5. The molecule has 0 spiro atoms. The Kier molecular flexibility index (Phi) is 3.94. The predicted octanol–water partition coefficient (Wildman–Crippen LogP) is 2.45. The smallest absolute Gasteiger partial charge is 0.212 e. The number of anilines is 1. The average Bonchev–Trinajstić information content (AvgIpc) is 2.41. The Balaban J connectivity index is 2.04. The van der Waals surface area contributed by atoms with E-state index in [1.165, 1.54) is 6.33 Å². The number of ether oxygens (including phenoxy) is 1. The molecule has 0 fully saturated rings. The average molecular weight is 265 g/mol. The van der Waals surface area contributed by atoms with Gasteiger partial charge < -0.3 is 10.1 Å². The fraction of sp³-hybridized carbons (Fsp3) is 0.250. The highest BCUT2D eigenvalue weighted by Crippen LogP contribution is 2.18. The number of aromatic nitrogens is 3. The minimum Gasteiger partial charge on any atom is -0.481 e. The third kappa shape index (κ3) is 2.87. The van der Waals surface area contributed by atoms with Crippen molar-refractivity contribution in [3.05, 3.63) is 40.9 Å². The van der Waals surface area contributed by atoms with Gasteiger partial charge in [-0.3, -0.25) is 0 Å². The maximum absolute atomic E-state index is 5.92. The molecular weight excluding hydrogens is 252 g/mol. The Labute approximate surface area is 110 Å². The lowest BCUT2D eigenvalue weighted by molar-refractivity contribution is 0.397. The zero-order valence-electron chi connectivity index (χ0n) is 10.1. The van der Waals surface area contributed by atoms with Crippen LogP contribution in [0, 0.1) is 6.92 Å². The molecule has 0 aliphatic carbocycles. The molecule has 94 valence electrons. The van der Waals surface area contributed by atoms with E-state index in [4.69, 9.17) is 16.3 Å². The number of nitrogens with one attached hydrogen (secondary N) is 1. The van der Waals surface area contributed by atoms with E-state index in [0.717, 1.165) is 16.9 Å². The van der Waals surface area contributed by atoms with Crippen LogP contribution in [0.2, 0.25) is 5.15 Å². The molecule has 0 saturated carbocycles. The molecule has 0 saturated heterocycles. The third-order valence-electron chi connectivity index (χ3n) is 2.49. The van der Waals surface area contributed by atoms with E-state index in [2.05, 4.69) is 20.3 Å². The lowest BCUT2D eigenvalue weighted by Crippen LogP contribution is -2.04. The van der Waals surface area contributed by atoms with Gasteiger partial charge in [0.2, 0.25) is 5.88 Å². The summed E-state index contributed by atoms with van der Waals surface area (Å²) in [5.41, 5.74) is 1.87. The molecule has 0 amide bonds. The lowest BCUT2D eigenvalue weighted by atomic mass is 10.2. The monoisotopic (exact) mass is 264 g/mol. The minimum atomic E-state index is 0.459. The zero-order valence-corrected chi connectivity index (χ0v) is 10.9. The van der Waals surface area contributed by atoms with Crippen molar-refractivity contribution < 1.29 is 4.74 Å². The first-order valence-electron chi connectivity index (χ1n) is 5.40. The summed E-state index contributed by atoms with van der Waals surface area (Å²) in [6.07, 6.45) is 3.19. The molecule has 2 aromatic rings. The standard InChI is InChI=1S/C12H13ClN4O/c1-8-11(13)16-7-17-12(8)15-6-9-3-4-10(18-2)14-5-9/h3-5,7H,6H2,1-2H3,(H,15,16,17). The zero-order chi connectivity index (χ0) is 13.0. The van der Waals surface area contributed by atoms with Crippen molar-refractivity contribution in [1.82, 2.24) is 15.0 Å². The van der Waals surface area contributed by atoms with Crippen molar-refractivity contribution in [1.29, 1.82) is 0 Å². The van der Waals surface area contributed by atoms with E-state index >= 15 is 0 Å². The normalized spacial score (nSPS) is 10.2. The highest BCUT2D eigenvalue weighted by Gasteiger charge is 2.04. The molecular formula is C12H13ClN4O. The van der Waals surface area contributed by atoms with E-state index < -0.39 is 0 Å². The van der Waals surface area contributed by atoms with Gasteiger partial charge in [0.05, 0.1) is 7.11 Å². The molecule has 2 heterocycles. The molecule has 0 aromatic carbocycles. The van der Waals surface area contributed by atoms with Crippen molar-refractivity contribution in [2.75, 3.05) is 12.4 Å². The Morgan fingerprint density at radius 2 is 2.11 bits per heavy atom. The summed E-state index contributed by atoms with van der Waals surface area (Å²) in [6.45, 7) is 2.49. The van der Waals surface area contributed by atoms with Crippen LogP contribution in [-0.4, -0.2) is 22.1 Å². The number of pyridine rings is 1. The largest absolute Gasteiger partial charge is 0.481 e. The van der Waals surface area contributed by atoms with Gasteiger partial charge in [0, 0.05) is 24.4 Å². The fourth-order valence-electron chi connectivity index (χ4n) is 1.43. The van der Waals surface area contributed by atoms with Crippen molar-refractivity contribution in [2.45, 2.75) is 13.5 Å². The van der Waals surface area contributed by atoms with Gasteiger partial charge in [-0.05, 0) is 12.5 Å². The summed E-state index contributed by atoms with van der Waals surface area (Å²) in [5, 5.41) is 3.65. The Hall–Kier alpha value is -1.88. The number of halogens is 1. The molecule has 0 aliphatic rings. The van der Waals surface area contributed by atoms with E-state index in [9.17, 15) is 0 Å². The van der Waals surface area contributed by atoms with Crippen LogP contribution < -0.4 is 10.1 Å². The van der Waals surface area contributed by atoms with Crippen molar-refractivity contribution in [3.63, 3.8) is 0 Å². The van der Waals surface area contributed by atoms with Crippen LogP contribution in [0.1, 0.15) is 11.1 Å². The molecule has 2 aromatic heterocycles. The summed E-state index contributed by atoms with van der Waals surface area (Å²) in [4.78, 5) is 12.2. The van der Waals surface area contributed by atoms with Gasteiger partial charge >= 0.3 is 0 Å². The third-order valence-corrected chi connectivity index (χ3v) is 2.87. The Bertz CT molecular complexity index is 530. The van der Waals surface area contributed by atoms with Crippen LogP contribution in [0.4, 0.5) is 5.82 Å². The summed E-state index contributed by atoms with van der Waals surface area (Å²) >= 11 is 5.92. The lowest BCUT2D eigenvalue weighted by Gasteiger charge is -2.08. The van der Waals surface area contributed by atoms with Crippen LogP contribution in [0.5, 0.6) is 5.88 Å². The molecule has 0 atom stereocenters. The SMILES string of the molecule is COc1ccc(CNc2ncnc(Cl)c2C)cn1. The minimum absolute atomic E-state index is 0.459. The first-order chi connectivity index (χ1) is 8.70. The molecule has 5 nitrogen and oxygen atoms in total. The topological polar surface area (TPSA) is 59.9 Å². The summed E-state index contributed by atoms with van der Waals surface area (Å²) in [6, 6.07) is 3.76. The van der Waals surface area contributed by atoms with Crippen molar-refractivity contribution in [2.24, 2.45) is 0 Å². The molecule has 0 bridgehead atoms. The van der Waals surface area contributed by atoms with Gasteiger partial charge in [-0.25, -0.2) is 15.0 Å². The van der Waals surface area contributed by atoms with Crippen LogP contribution in [0.15, 0.2) is 24.7 Å². The summed E-state index contributed by atoms with van der Waals surface area (Å²) in [7, 11) is 1.59. The Morgan fingerprint density at radius 3 is 2.78 bits per heavy atom.